The summed E-state index contributed by atoms with van der Waals surface area (Å²) in [4.78, 5) is 22.5. The van der Waals surface area contributed by atoms with Gasteiger partial charge < -0.3 is 0 Å². The topological polar surface area (TPSA) is 51.2 Å². The molecule has 0 heterocycles. The Labute approximate surface area is 166 Å². The summed E-state index contributed by atoms with van der Waals surface area (Å²) in [5.74, 6) is 0. The molecule has 132 valence electrons. The molecule has 3 rings (SSSR count). The van der Waals surface area contributed by atoms with E-state index in [1.165, 1.54) is 15.9 Å². The van der Waals surface area contributed by atoms with Gasteiger partial charge in [-0.3, -0.25) is 14.4 Å². The quantitative estimate of drug-likeness (QED) is 0.497. The second kappa shape index (κ2) is 17.4. The summed E-state index contributed by atoms with van der Waals surface area (Å²) in [5, 5.41) is 4.19. The monoisotopic (exact) mass is 404 g/mol. The minimum atomic E-state index is -0.446. The average molecular weight is 405 g/mol. The molecule has 0 aliphatic rings. The number of benzene rings is 3. The van der Waals surface area contributed by atoms with Crippen LogP contribution < -0.4 is 15.9 Å². The summed E-state index contributed by atoms with van der Waals surface area (Å²) < 4.78 is 0. The second-order valence-electron chi connectivity index (χ2n) is 4.34. The van der Waals surface area contributed by atoms with Crippen molar-refractivity contribution in [3.8, 4) is 0 Å². The van der Waals surface area contributed by atoms with Crippen LogP contribution in [0.1, 0.15) is 0 Å². The standard InChI is InChI=1S/C18H15P.3CO.Ni/c1-4-10-16(11-5-1)19(17-12-6-2-7-13-17)18-14-8-3-9-15-18;3*1-2;/h1-15H;;;;. The van der Waals surface area contributed by atoms with Gasteiger partial charge in [0.25, 0.3) is 20.4 Å². The molecule has 0 saturated heterocycles. The van der Waals surface area contributed by atoms with E-state index in [0.717, 1.165) is 0 Å². The molecule has 0 atom stereocenters. The number of rotatable bonds is 3. The Morgan fingerprint density at radius 3 is 0.808 bits per heavy atom. The summed E-state index contributed by atoms with van der Waals surface area (Å²) in [6.07, 6.45) is 0. The van der Waals surface area contributed by atoms with Gasteiger partial charge in [0, 0.05) is 16.5 Å². The van der Waals surface area contributed by atoms with Crippen molar-refractivity contribution in [1.29, 1.82) is 0 Å². The first-order chi connectivity index (χ1) is 12.4. The van der Waals surface area contributed by atoms with Crippen LogP contribution in [0.3, 0.4) is 0 Å². The average Bonchev–Trinajstić information content (AvgIpc) is 2.75. The van der Waals surface area contributed by atoms with Crippen LogP contribution in [0, 0.1) is 0 Å². The molecule has 3 aromatic rings. The van der Waals surface area contributed by atoms with E-state index in [1.807, 2.05) is 0 Å². The van der Waals surface area contributed by atoms with Crippen molar-refractivity contribution in [2.75, 3.05) is 0 Å². The van der Waals surface area contributed by atoms with E-state index in [0.29, 0.717) is 0 Å². The molecule has 26 heavy (non-hydrogen) atoms. The fourth-order valence-corrected chi connectivity index (χ4v) is 4.48. The third-order valence-electron chi connectivity index (χ3n) is 3.04. The van der Waals surface area contributed by atoms with Crippen LogP contribution in [0.5, 0.6) is 0 Å². The Morgan fingerprint density at radius 2 is 0.615 bits per heavy atom. The van der Waals surface area contributed by atoms with Crippen LogP contribution in [0.15, 0.2) is 91.0 Å². The molecule has 0 N–H and O–H groups in total. The van der Waals surface area contributed by atoms with Gasteiger partial charge in [0.2, 0.25) is 0 Å². The molecule has 0 aromatic heterocycles. The zero-order chi connectivity index (χ0) is 18.9. The van der Waals surface area contributed by atoms with E-state index in [-0.39, 0.29) is 16.5 Å². The van der Waals surface area contributed by atoms with Gasteiger partial charge in [-0.25, -0.2) is 0 Å². The molecular weight excluding hydrogens is 390 g/mol. The first kappa shape index (κ1) is 25.8. The third kappa shape index (κ3) is 8.11. The van der Waals surface area contributed by atoms with Crippen LogP contribution in [0.4, 0.5) is 0 Å². The molecule has 0 unspecified atom stereocenters. The molecule has 0 amide bonds. The first-order valence-corrected chi connectivity index (χ1v) is 8.36. The van der Waals surface area contributed by atoms with Gasteiger partial charge in [-0.2, -0.15) is 0 Å². The van der Waals surface area contributed by atoms with Gasteiger partial charge in [-0.1, -0.05) is 91.0 Å². The Bertz CT molecular complexity index is 583. The third-order valence-corrected chi connectivity index (χ3v) is 5.49. The smallest absolute Gasteiger partial charge is 0.281 e. The van der Waals surface area contributed by atoms with E-state index in [4.69, 9.17) is 14.4 Å². The van der Waals surface area contributed by atoms with Gasteiger partial charge in [0.05, 0.1) is 0 Å². The van der Waals surface area contributed by atoms with Crippen molar-refractivity contribution >= 4 is 44.2 Å². The van der Waals surface area contributed by atoms with Crippen LogP contribution in [0.25, 0.3) is 0 Å². The van der Waals surface area contributed by atoms with E-state index >= 15 is 0 Å². The summed E-state index contributed by atoms with van der Waals surface area (Å²) >= 11 is 0. The fourth-order valence-electron chi connectivity index (χ4n) is 2.18. The van der Waals surface area contributed by atoms with Crippen molar-refractivity contribution in [3.05, 3.63) is 91.0 Å². The Kier molecular flexibility index (Phi) is 17.3. The number of hydrogen-bond donors (Lipinski definition) is 0. The Morgan fingerprint density at radius 1 is 0.423 bits per heavy atom. The largest absolute Gasteiger partial charge is 0.281 e. The van der Waals surface area contributed by atoms with Gasteiger partial charge in [-0.05, 0) is 23.8 Å². The first-order valence-electron chi connectivity index (χ1n) is 7.02. The maximum absolute atomic E-state index is 7.50. The van der Waals surface area contributed by atoms with Gasteiger partial charge in [0.1, 0.15) is 0 Å². The molecule has 3 nitrogen and oxygen atoms in total. The normalized spacial score (nSPS) is 8.19. The molecular formula is C21H15NiO3P. The van der Waals surface area contributed by atoms with E-state index in [1.54, 1.807) is 0 Å². The molecule has 6 radical (unpaired) electrons. The van der Waals surface area contributed by atoms with Gasteiger partial charge >= 0.3 is 0 Å². The molecule has 0 aliphatic carbocycles. The predicted octanol–water partition coefficient (Wildman–Crippen LogP) is 2.25. The molecule has 5 heteroatoms. The van der Waals surface area contributed by atoms with Crippen molar-refractivity contribution in [1.82, 2.24) is 0 Å². The van der Waals surface area contributed by atoms with Crippen molar-refractivity contribution < 1.29 is 30.9 Å². The minimum Gasteiger partial charge on any atom is -0.281 e. The zero-order valence-corrected chi connectivity index (χ0v) is 15.5. The summed E-state index contributed by atoms with van der Waals surface area (Å²) in [6, 6.07) is 32.3. The van der Waals surface area contributed by atoms with E-state index in [2.05, 4.69) is 111 Å². The van der Waals surface area contributed by atoms with E-state index in [9.17, 15) is 0 Å². The molecule has 0 fully saturated rings. The molecule has 0 spiro atoms. The summed E-state index contributed by atoms with van der Waals surface area (Å²) in [6.45, 7) is 13.5. The van der Waals surface area contributed by atoms with E-state index < -0.39 is 7.92 Å². The Hall–Kier alpha value is -2.41. The van der Waals surface area contributed by atoms with Crippen molar-refractivity contribution in [2.45, 2.75) is 0 Å². The fraction of sp³-hybridized carbons (Fsp3) is 0. The van der Waals surface area contributed by atoms with Crippen LogP contribution in [-0.2, 0) is 30.9 Å². The SMILES string of the molecule is [C]=O.[C]=O.[C]=O.[Ni].c1ccc(P(c2ccccc2)c2ccccc2)cc1. The maximum Gasteiger partial charge on any atom is 0.281 e. The summed E-state index contributed by atoms with van der Waals surface area (Å²) in [7, 11) is -0.446. The molecule has 3 aromatic carbocycles. The van der Waals surface area contributed by atoms with Crippen LogP contribution in [0.2, 0.25) is 0 Å². The number of hydrogen-bond acceptors (Lipinski definition) is 3. The van der Waals surface area contributed by atoms with Crippen molar-refractivity contribution in [3.63, 3.8) is 0 Å². The Balaban J connectivity index is 0. The van der Waals surface area contributed by atoms with Crippen LogP contribution >= 0.6 is 7.92 Å². The number of carbonyl (C=O) groups excluding carboxylic acids is 3. The van der Waals surface area contributed by atoms with Crippen molar-refractivity contribution in [2.24, 2.45) is 0 Å². The van der Waals surface area contributed by atoms with Crippen LogP contribution in [-0.4, -0.2) is 20.4 Å². The van der Waals surface area contributed by atoms with Gasteiger partial charge in [-0.15, -0.1) is 0 Å². The zero-order valence-electron chi connectivity index (χ0n) is 13.6. The minimum absolute atomic E-state index is 0. The molecule has 0 bridgehead atoms. The predicted molar refractivity (Wildman–Crippen MR) is 102 cm³/mol. The molecule has 0 aliphatic heterocycles. The van der Waals surface area contributed by atoms with Gasteiger partial charge in [0.15, 0.2) is 0 Å². The maximum atomic E-state index is 7.50. The summed E-state index contributed by atoms with van der Waals surface area (Å²) in [5.41, 5.74) is 0. The molecule has 0 saturated carbocycles. The second-order valence-corrected chi connectivity index (χ2v) is 6.56.